The average molecular weight is 434 g/mol. The average Bonchev–Trinajstić information content (AvgIpc) is 2.75. The van der Waals surface area contributed by atoms with E-state index in [4.69, 9.17) is 21.1 Å². The number of benzene rings is 2. The van der Waals surface area contributed by atoms with E-state index in [1.807, 2.05) is 0 Å². The number of hydrogen-bond donors (Lipinski definition) is 3. The molecular formula is C20H20ClN3O6. The third kappa shape index (κ3) is 7.44. The highest BCUT2D eigenvalue weighted by atomic mass is 35.5. The summed E-state index contributed by atoms with van der Waals surface area (Å²) >= 11 is 5.73. The van der Waals surface area contributed by atoms with E-state index < -0.39 is 30.3 Å². The van der Waals surface area contributed by atoms with Crippen molar-refractivity contribution in [2.24, 2.45) is 0 Å². The molecule has 0 fully saturated rings. The van der Waals surface area contributed by atoms with Crippen LogP contribution in [0.5, 0.6) is 5.75 Å². The lowest BCUT2D eigenvalue weighted by atomic mass is 10.2. The third-order valence-electron chi connectivity index (χ3n) is 3.72. The number of hydrazine groups is 1. The number of para-hydroxylation sites is 2. The zero-order valence-corrected chi connectivity index (χ0v) is 16.8. The van der Waals surface area contributed by atoms with Crippen LogP contribution in [0, 0.1) is 0 Å². The quantitative estimate of drug-likeness (QED) is 0.432. The molecule has 0 aliphatic carbocycles. The van der Waals surface area contributed by atoms with Gasteiger partial charge in [0, 0.05) is 17.0 Å². The first-order valence-electron chi connectivity index (χ1n) is 8.82. The number of nitrogens with one attached hydrogen (secondary N) is 3. The van der Waals surface area contributed by atoms with Crippen molar-refractivity contribution in [2.75, 3.05) is 19.0 Å². The maximum absolute atomic E-state index is 11.9. The lowest BCUT2D eigenvalue weighted by molar-refractivity contribution is -0.149. The molecule has 0 aliphatic heterocycles. The van der Waals surface area contributed by atoms with Crippen molar-refractivity contribution in [2.45, 2.75) is 12.8 Å². The molecule has 0 spiro atoms. The number of amides is 3. The van der Waals surface area contributed by atoms with Crippen LogP contribution in [0.1, 0.15) is 23.2 Å². The standard InChI is InChI=1S/C20H20ClN3O6/c1-29-16-5-3-2-4-15(16)22-17(25)10-11-19(27)30-12-18(26)23-24-20(28)13-6-8-14(21)9-7-13/h2-9H,10-12H2,1H3,(H,22,25)(H,23,26)(H,24,28). The number of ether oxygens (including phenoxy) is 2. The summed E-state index contributed by atoms with van der Waals surface area (Å²) in [4.78, 5) is 47.2. The minimum Gasteiger partial charge on any atom is -0.495 e. The molecule has 30 heavy (non-hydrogen) atoms. The van der Waals surface area contributed by atoms with Crippen LogP contribution in [0.25, 0.3) is 0 Å². The largest absolute Gasteiger partial charge is 0.495 e. The molecule has 3 N–H and O–H groups in total. The molecule has 0 saturated carbocycles. The fraction of sp³-hybridized carbons (Fsp3) is 0.200. The van der Waals surface area contributed by atoms with Gasteiger partial charge in [-0.3, -0.25) is 30.0 Å². The molecule has 0 saturated heterocycles. The summed E-state index contributed by atoms with van der Waals surface area (Å²) in [7, 11) is 1.48. The van der Waals surface area contributed by atoms with Crippen LogP contribution >= 0.6 is 11.6 Å². The van der Waals surface area contributed by atoms with E-state index in [1.54, 1.807) is 24.3 Å². The molecule has 0 bridgehead atoms. The zero-order valence-electron chi connectivity index (χ0n) is 16.1. The monoisotopic (exact) mass is 433 g/mol. The van der Waals surface area contributed by atoms with Gasteiger partial charge in [-0.25, -0.2) is 0 Å². The number of methoxy groups -OCH3 is 1. The van der Waals surface area contributed by atoms with Gasteiger partial charge in [-0.05, 0) is 36.4 Å². The van der Waals surface area contributed by atoms with Crippen molar-refractivity contribution in [1.82, 2.24) is 10.9 Å². The van der Waals surface area contributed by atoms with Crippen LogP contribution in [0.15, 0.2) is 48.5 Å². The number of halogens is 1. The van der Waals surface area contributed by atoms with Crippen LogP contribution < -0.4 is 20.9 Å². The summed E-state index contributed by atoms with van der Waals surface area (Å²) < 4.78 is 9.90. The minimum atomic E-state index is -0.732. The van der Waals surface area contributed by atoms with Gasteiger partial charge in [0.05, 0.1) is 19.2 Å². The van der Waals surface area contributed by atoms with Crippen LogP contribution in [0.2, 0.25) is 5.02 Å². The molecule has 2 rings (SSSR count). The molecule has 3 amide bonds. The van der Waals surface area contributed by atoms with Gasteiger partial charge >= 0.3 is 5.97 Å². The first kappa shape index (κ1) is 22.7. The summed E-state index contributed by atoms with van der Waals surface area (Å²) in [5.74, 6) is -1.94. The van der Waals surface area contributed by atoms with Crippen molar-refractivity contribution in [3.05, 3.63) is 59.1 Å². The number of carbonyl (C=O) groups is 4. The Bertz CT molecular complexity index is 917. The Morgan fingerprint density at radius 3 is 2.30 bits per heavy atom. The second-order valence-corrected chi connectivity index (χ2v) is 6.35. The van der Waals surface area contributed by atoms with Gasteiger partial charge < -0.3 is 14.8 Å². The van der Waals surface area contributed by atoms with Gasteiger partial charge in [-0.2, -0.15) is 0 Å². The molecule has 0 unspecified atom stereocenters. The molecule has 0 aromatic heterocycles. The highest BCUT2D eigenvalue weighted by Crippen LogP contribution is 2.23. The van der Waals surface area contributed by atoms with Crippen molar-refractivity contribution in [3.8, 4) is 5.75 Å². The summed E-state index contributed by atoms with van der Waals surface area (Å²) in [6.07, 6.45) is -0.350. The molecule has 9 nitrogen and oxygen atoms in total. The number of esters is 1. The Morgan fingerprint density at radius 1 is 0.900 bits per heavy atom. The topological polar surface area (TPSA) is 123 Å². The van der Waals surface area contributed by atoms with E-state index in [9.17, 15) is 19.2 Å². The molecule has 0 aliphatic rings. The Balaban J connectivity index is 1.66. The van der Waals surface area contributed by atoms with E-state index in [2.05, 4.69) is 16.2 Å². The summed E-state index contributed by atoms with van der Waals surface area (Å²) in [5.41, 5.74) is 5.07. The summed E-state index contributed by atoms with van der Waals surface area (Å²) in [5, 5.41) is 3.10. The molecule has 158 valence electrons. The van der Waals surface area contributed by atoms with Crippen molar-refractivity contribution in [3.63, 3.8) is 0 Å². The van der Waals surface area contributed by atoms with E-state index in [0.29, 0.717) is 16.5 Å². The predicted molar refractivity (Wildman–Crippen MR) is 109 cm³/mol. The molecule has 0 atom stereocenters. The minimum absolute atomic E-state index is 0.133. The van der Waals surface area contributed by atoms with Crippen LogP contribution in [0.4, 0.5) is 5.69 Å². The summed E-state index contributed by atoms with van der Waals surface area (Å²) in [6.45, 7) is -0.603. The molecule has 2 aromatic rings. The van der Waals surface area contributed by atoms with Gasteiger partial charge in [0.25, 0.3) is 11.8 Å². The summed E-state index contributed by atoms with van der Waals surface area (Å²) in [6, 6.07) is 12.9. The molecular weight excluding hydrogens is 414 g/mol. The highest BCUT2D eigenvalue weighted by molar-refractivity contribution is 6.30. The van der Waals surface area contributed by atoms with Gasteiger partial charge in [0.2, 0.25) is 5.91 Å². The Kier molecular flexibility index (Phi) is 8.64. The first-order chi connectivity index (χ1) is 14.4. The Hall–Kier alpha value is -3.59. The maximum Gasteiger partial charge on any atom is 0.306 e. The lowest BCUT2D eigenvalue weighted by Gasteiger charge is -2.10. The van der Waals surface area contributed by atoms with E-state index in [-0.39, 0.29) is 18.4 Å². The van der Waals surface area contributed by atoms with Crippen molar-refractivity contribution < 1.29 is 28.7 Å². The van der Waals surface area contributed by atoms with Crippen LogP contribution in [-0.2, 0) is 19.1 Å². The predicted octanol–water partition coefficient (Wildman–Crippen LogP) is 2.07. The van der Waals surface area contributed by atoms with E-state index >= 15 is 0 Å². The van der Waals surface area contributed by atoms with Gasteiger partial charge in [-0.15, -0.1) is 0 Å². The highest BCUT2D eigenvalue weighted by Gasteiger charge is 2.13. The number of anilines is 1. The van der Waals surface area contributed by atoms with Crippen LogP contribution in [0.3, 0.4) is 0 Å². The number of rotatable bonds is 8. The third-order valence-corrected chi connectivity index (χ3v) is 3.98. The first-order valence-corrected chi connectivity index (χ1v) is 9.20. The van der Waals surface area contributed by atoms with E-state index in [1.165, 1.54) is 31.4 Å². The maximum atomic E-state index is 11.9. The SMILES string of the molecule is COc1ccccc1NC(=O)CCC(=O)OCC(=O)NNC(=O)c1ccc(Cl)cc1. The molecule has 10 heteroatoms. The second kappa shape index (κ2) is 11.4. The van der Waals surface area contributed by atoms with E-state index in [0.717, 1.165) is 0 Å². The lowest BCUT2D eigenvalue weighted by Crippen LogP contribution is -2.43. The van der Waals surface area contributed by atoms with Gasteiger partial charge in [0.1, 0.15) is 5.75 Å². The van der Waals surface area contributed by atoms with Crippen molar-refractivity contribution in [1.29, 1.82) is 0 Å². The Labute approximate surface area is 177 Å². The zero-order chi connectivity index (χ0) is 21.9. The number of hydrogen-bond acceptors (Lipinski definition) is 6. The fourth-order valence-corrected chi connectivity index (χ4v) is 2.36. The van der Waals surface area contributed by atoms with Gasteiger partial charge in [0.15, 0.2) is 6.61 Å². The second-order valence-electron chi connectivity index (χ2n) is 5.92. The smallest absolute Gasteiger partial charge is 0.306 e. The fourth-order valence-electron chi connectivity index (χ4n) is 2.23. The molecule has 0 heterocycles. The van der Waals surface area contributed by atoms with Crippen molar-refractivity contribution >= 4 is 41.0 Å². The normalized spacial score (nSPS) is 9.93. The van der Waals surface area contributed by atoms with Crippen LogP contribution in [-0.4, -0.2) is 37.4 Å². The number of carbonyl (C=O) groups excluding carboxylic acids is 4. The molecule has 0 radical (unpaired) electrons. The Morgan fingerprint density at radius 2 is 1.60 bits per heavy atom. The molecule has 2 aromatic carbocycles. The van der Waals surface area contributed by atoms with Gasteiger partial charge in [-0.1, -0.05) is 23.7 Å².